The molecule has 2 aromatic heterocycles. The van der Waals surface area contributed by atoms with Crippen LogP contribution in [-0.4, -0.2) is 57.0 Å². The van der Waals surface area contributed by atoms with Crippen LogP contribution >= 0.6 is 11.8 Å². The highest BCUT2D eigenvalue weighted by molar-refractivity contribution is 7.99. The Morgan fingerprint density at radius 3 is 2.61 bits per heavy atom. The number of nitrogens with zero attached hydrogens (tertiary/aromatic N) is 4. The van der Waals surface area contributed by atoms with Gasteiger partial charge in [-0.3, -0.25) is 9.36 Å². The molecule has 1 N–H and O–H groups in total. The first-order valence-electron chi connectivity index (χ1n) is 11.6. The molecule has 0 spiro atoms. The molecule has 3 aromatic rings. The lowest BCUT2D eigenvalue weighted by atomic mass is 9.92. The molecule has 0 bridgehead atoms. The Bertz CT molecular complexity index is 1010. The van der Waals surface area contributed by atoms with Gasteiger partial charge in [-0.1, -0.05) is 55.9 Å². The summed E-state index contributed by atoms with van der Waals surface area (Å²) in [5.41, 5.74) is 1.13. The van der Waals surface area contributed by atoms with Crippen molar-refractivity contribution in [2.24, 2.45) is 11.8 Å². The zero-order valence-corrected chi connectivity index (χ0v) is 20.4. The Kier molecular flexibility index (Phi) is 7.88. The van der Waals surface area contributed by atoms with Crippen LogP contribution in [-0.2, 0) is 11.3 Å². The van der Waals surface area contributed by atoms with E-state index in [1.807, 2.05) is 34.9 Å². The molecule has 1 aliphatic heterocycles. The van der Waals surface area contributed by atoms with Crippen LogP contribution in [0.1, 0.15) is 32.8 Å². The number of benzene rings is 1. The van der Waals surface area contributed by atoms with Crippen molar-refractivity contribution in [1.82, 2.24) is 25.0 Å². The Morgan fingerprint density at radius 2 is 1.91 bits per heavy atom. The van der Waals surface area contributed by atoms with E-state index < -0.39 is 0 Å². The van der Waals surface area contributed by atoms with Gasteiger partial charge >= 0.3 is 0 Å². The van der Waals surface area contributed by atoms with Crippen molar-refractivity contribution in [2.45, 2.75) is 44.9 Å². The summed E-state index contributed by atoms with van der Waals surface area (Å²) in [7, 11) is 0. The zero-order chi connectivity index (χ0) is 23.2. The van der Waals surface area contributed by atoms with Gasteiger partial charge in [0.2, 0.25) is 11.7 Å². The third kappa shape index (κ3) is 6.48. The number of hydrogen-bond acceptors (Lipinski definition) is 6. The van der Waals surface area contributed by atoms with Gasteiger partial charge in [-0.15, -0.1) is 10.2 Å². The van der Waals surface area contributed by atoms with Crippen LogP contribution in [0.5, 0.6) is 0 Å². The fraction of sp³-hybridized carbons (Fsp3) is 0.480. The van der Waals surface area contributed by atoms with E-state index in [-0.39, 0.29) is 11.9 Å². The molecule has 1 amide bonds. The second-order valence-electron chi connectivity index (χ2n) is 9.28. The van der Waals surface area contributed by atoms with Gasteiger partial charge in [0, 0.05) is 25.7 Å². The van der Waals surface area contributed by atoms with Gasteiger partial charge in [-0.05, 0) is 42.9 Å². The standard InChI is InChI=1S/C25H33N5O2S/c1-18-12-19(2)14-29(13-18)15-20(3)26-23(31)17-33-25-28-27-24(22-10-7-11-32-22)30(25)16-21-8-5-4-6-9-21/h4-11,18-20H,12-17H2,1-3H3,(H,26,31). The SMILES string of the molecule is CC1CC(C)CN(CC(C)NC(=O)CSc2nnc(-c3ccco3)n2Cc2ccccc2)C1. The maximum Gasteiger partial charge on any atom is 0.230 e. The van der Waals surface area contributed by atoms with Crippen molar-refractivity contribution in [3.63, 3.8) is 0 Å². The van der Waals surface area contributed by atoms with Crippen molar-refractivity contribution >= 4 is 17.7 Å². The van der Waals surface area contributed by atoms with E-state index >= 15 is 0 Å². The van der Waals surface area contributed by atoms with Crippen molar-refractivity contribution < 1.29 is 9.21 Å². The molecule has 7 nitrogen and oxygen atoms in total. The molecule has 0 radical (unpaired) electrons. The summed E-state index contributed by atoms with van der Waals surface area (Å²) in [4.78, 5) is 15.2. The molecule has 0 aliphatic carbocycles. The van der Waals surface area contributed by atoms with Gasteiger partial charge < -0.3 is 14.6 Å². The second-order valence-corrected chi connectivity index (χ2v) is 10.2. The maximum atomic E-state index is 12.7. The number of furan rings is 1. The number of hydrogen-bond donors (Lipinski definition) is 1. The van der Waals surface area contributed by atoms with Crippen molar-refractivity contribution in [3.05, 3.63) is 54.3 Å². The highest BCUT2D eigenvalue weighted by Crippen LogP contribution is 2.25. The van der Waals surface area contributed by atoms with Gasteiger partial charge in [0.05, 0.1) is 18.6 Å². The van der Waals surface area contributed by atoms with Crippen LogP contribution in [0, 0.1) is 11.8 Å². The molecule has 4 rings (SSSR count). The monoisotopic (exact) mass is 467 g/mol. The molecular weight excluding hydrogens is 434 g/mol. The topological polar surface area (TPSA) is 76.2 Å². The number of nitrogens with one attached hydrogen (secondary N) is 1. The molecule has 3 heterocycles. The van der Waals surface area contributed by atoms with Crippen molar-refractivity contribution in [3.8, 4) is 11.6 Å². The number of rotatable bonds is 9. The number of aromatic nitrogens is 3. The molecule has 0 saturated carbocycles. The van der Waals surface area contributed by atoms with Gasteiger partial charge in [-0.2, -0.15) is 0 Å². The smallest absolute Gasteiger partial charge is 0.230 e. The van der Waals surface area contributed by atoms with Crippen molar-refractivity contribution in [1.29, 1.82) is 0 Å². The Balaban J connectivity index is 1.37. The molecule has 1 aromatic carbocycles. The number of likely N-dealkylation sites (tertiary alicyclic amines) is 1. The van der Waals surface area contributed by atoms with E-state index in [1.54, 1.807) is 6.26 Å². The molecule has 3 unspecified atom stereocenters. The summed E-state index contributed by atoms with van der Waals surface area (Å²) in [5.74, 6) is 3.06. The minimum absolute atomic E-state index is 0.0133. The molecule has 1 aliphatic rings. The van der Waals surface area contributed by atoms with Crippen LogP contribution < -0.4 is 5.32 Å². The predicted octanol–water partition coefficient (Wildman–Crippen LogP) is 4.16. The predicted molar refractivity (Wildman–Crippen MR) is 131 cm³/mol. The lowest BCUT2D eigenvalue weighted by molar-refractivity contribution is -0.119. The second kappa shape index (κ2) is 11.0. The van der Waals surface area contributed by atoms with Crippen molar-refractivity contribution in [2.75, 3.05) is 25.4 Å². The minimum Gasteiger partial charge on any atom is -0.461 e. The van der Waals surface area contributed by atoms with Gasteiger partial charge in [0.15, 0.2) is 10.9 Å². The zero-order valence-electron chi connectivity index (χ0n) is 19.6. The minimum atomic E-state index is 0.0133. The summed E-state index contributed by atoms with van der Waals surface area (Å²) in [5, 5.41) is 12.6. The molecular formula is C25H33N5O2S. The first-order valence-corrected chi connectivity index (χ1v) is 12.6. The van der Waals surface area contributed by atoms with E-state index in [0.29, 0.717) is 40.9 Å². The maximum absolute atomic E-state index is 12.7. The van der Waals surface area contributed by atoms with Gasteiger partial charge in [0.1, 0.15) is 0 Å². The lowest BCUT2D eigenvalue weighted by Gasteiger charge is -2.36. The molecule has 3 atom stereocenters. The van der Waals surface area contributed by atoms with E-state index in [9.17, 15) is 4.79 Å². The van der Waals surface area contributed by atoms with Crippen LogP contribution in [0.3, 0.4) is 0 Å². The van der Waals surface area contributed by atoms with E-state index in [4.69, 9.17) is 4.42 Å². The molecule has 176 valence electrons. The highest BCUT2D eigenvalue weighted by Gasteiger charge is 2.23. The molecule has 1 saturated heterocycles. The number of thioether (sulfide) groups is 1. The Morgan fingerprint density at radius 1 is 1.15 bits per heavy atom. The number of carbonyl (C=O) groups excluding carboxylic acids is 1. The van der Waals surface area contributed by atoms with Crippen LogP contribution in [0.2, 0.25) is 0 Å². The normalized spacial score (nSPS) is 20.0. The average molecular weight is 468 g/mol. The number of piperidine rings is 1. The van der Waals surface area contributed by atoms with Crippen LogP contribution in [0.25, 0.3) is 11.6 Å². The Labute approximate surface area is 199 Å². The summed E-state index contributed by atoms with van der Waals surface area (Å²) in [6.07, 6.45) is 2.92. The third-order valence-corrected chi connectivity index (χ3v) is 6.82. The Hall–Kier alpha value is -2.58. The first kappa shape index (κ1) is 23.6. The van der Waals surface area contributed by atoms with Crippen LogP contribution in [0.15, 0.2) is 58.3 Å². The average Bonchev–Trinajstić information content (AvgIpc) is 3.42. The van der Waals surface area contributed by atoms with Gasteiger partial charge in [-0.25, -0.2) is 0 Å². The number of amides is 1. The van der Waals surface area contributed by atoms with E-state index in [1.165, 1.54) is 18.2 Å². The molecule has 33 heavy (non-hydrogen) atoms. The summed E-state index contributed by atoms with van der Waals surface area (Å²) >= 11 is 1.40. The fourth-order valence-corrected chi connectivity index (χ4v) is 5.46. The number of carbonyl (C=O) groups is 1. The highest BCUT2D eigenvalue weighted by atomic mass is 32.2. The van der Waals surface area contributed by atoms with Gasteiger partial charge in [0.25, 0.3) is 0 Å². The quantitative estimate of drug-likeness (QED) is 0.476. The lowest BCUT2D eigenvalue weighted by Crippen LogP contribution is -2.47. The fourth-order valence-electron chi connectivity index (χ4n) is 4.71. The summed E-state index contributed by atoms with van der Waals surface area (Å²) < 4.78 is 7.57. The molecule has 8 heteroatoms. The van der Waals surface area contributed by atoms with E-state index in [0.717, 1.165) is 25.2 Å². The first-order chi connectivity index (χ1) is 16.0. The summed E-state index contributed by atoms with van der Waals surface area (Å²) in [6, 6.07) is 14.0. The van der Waals surface area contributed by atoms with E-state index in [2.05, 4.69) is 53.3 Å². The van der Waals surface area contributed by atoms with Crippen LogP contribution in [0.4, 0.5) is 0 Å². The summed E-state index contributed by atoms with van der Waals surface area (Å²) in [6.45, 7) is 10.4. The largest absolute Gasteiger partial charge is 0.461 e. The molecule has 1 fully saturated rings. The third-order valence-electron chi connectivity index (χ3n) is 5.86.